The van der Waals surface area contributed by atoms with Crippen molar-refractivity contribution in [1.29, 1.82) is 0 Å². The molecule has 0 spiro atoms. The molecule has 0 saturated carbocycles. The van der Waals surface area contributed by atoms with E-state index in [9.17, 15) is 4.79 Å². The minimum absolute atomic E-state index is 0.0300. The Balaban J connectivity index is 2.12. The summed E-state index contributed by atoms with van der Waals surface area (Å²) >= 11 is 0. The SMILES string of the molecule is CC(=O)COc1cnc(-c2ccc(C)cc2)nc1. The molecule has 92 valence electrons. The van der Waals surface area contributed by atoms with Crippen molar-refractivity contribution in [1.82, 2.24) is 9.97 Å². The smallest absolute Gasteiger partial charge is 0.167 e. The van der Waals surface area contributed by atoms with E-state index in [1.54, 1.807) is 12.4 Å². The molecule has 0 radical (unpaired) electrons. The molecule has 0 fully saturated rings. The number of nitrogens with zero attached hydrogens (tertiary/aromatic N) is 2. The molecule has 0 saturated heterocycles. The van der Waals surface area contributed by atoms with Crippen LogP contribution in [-0.4, -0.2) is 22.4 Å². The van der Waals surface area contributed by atoms with E-state index in [1.165, 1.54) is 12.5 Å². The number of ketones is 1. The third kappa shape index (κ3) is 3.13. The zero-order valence-corrected chi connectivity index (χ0v) is 10.4. The van der Waals surface area contributed by atoms with E-state index < -0.39 is 0 Å². The maximum Gasteiger partial charge on any atom is 0.167 e. The molecule has 0 aliphatic rings. The van der Waals surface area contributed by atoms with Crippen molar-refractivity contribution in [3.63, 3.8) is 0 Å². The third-order valence-electron chi connectivity index (χ3n) is 2.38. The Bertz CT molecular complexity index is 533. The fourth-order valence-electron chi connectivity index (χ4n) is 1.43. The Morgan fingerprint density at radius 1 is 1.17 bits per heavy atom. The lowest BCUT2D eigenvalue weighted by Crippen LogP contribution is -2.07. The highest BCUT2D eigenvalue weighted by molar-refractivity contribution is 5.77. The number of carbonyl (C=O) groups excluding carboxylic acids is 1. The van der Waals surface area contributed by atoms with Gasteiger partial charge in [-0.1, -0.05) is 29.8 Å². The van der Waals surface area contributed by atoms with Crippen molar-refractivity contribution < 1.29 is 9.53 Å². The first-order chi connectivity index (χ1) is 8.65. The summed E-state index contributed by atoms with van der Waals surface area (Å²) in [5.74, 6) is 1.11. The second-order valence-electron chi connectivity index (χ2n) is 4.10. The topological polar surface area (TPSA) is 52.1 Å². The van der Waals surface area contributed by atoms with Crippen LogP contribution in [0.5, 0.6) is 5.75 Å². The molecule has 4 nitrogen and oxygen atoms in total. The van der Waals surface area contributed by atoms with Gasteiger partial charge in [-0.2, -0.15) is 0 Å². The van der Waals surface area contributed by atoms with E-state index in [0.29, 0.717) is 11.6 Å². The molecular formula is C14H14N2O2. The Morgan fingerprint density at radius 2 is 1.78 bits per heavy atom. The van der Waals surface area contributed by atoms with Gasteiger partial charge in [0.2, 0.25) is 0 Å². The van der Waals surface area contributed by atoms with Crippen LogP contribution in [0.1, 0.15) is 12.5 Å². The minimum Gasteiger partial charge on any atom is -0.483 e. The monoisotopic (exact) mass is 242 g/mol. The van der Waals surface area contributed by atoms with Gasteiger partial charge in [0, 0.05) is 5.56 Å². The molecule has 0 atom stereocenters. The summed E-state index contributed by atoms with van der Waals surface area (Å²) in [5.41, 5.74) is 2.15. The van der Waals surface area contributed by atoms with Crippen LogP contribution in [0.2, 0.25) is 0 Å². The zero-order valence-electron chi connectivity index (χ0n) is 10.4. The van der Waals surface area contributed by atoms with Gasteiger partial charge in [-0.25, -0.2) is 9.97 Å². The number of rotatable bonds is 4. The Kier molecular flexibility index (Phi) is 3.67. The van der Waals surface area contributed by atoms with Crippen LogP contribution in [-0.2, 0) is 4.79 Å². The number of ether oxygens (including phenoxy) is 1. The maximum absolute atomic E-state index is 10.8. The van der Waals surface area contributed by atoms with E-state index in [2.05, 4.69) is 9.97 Å². The molecule has 4 heteroatoms. The summed E-state index contributed by atoms with van der Waals surface area (Å²) in [6.07, 6.45) is 3.15. The lowest BCUT2D eigenvalue weighted by atomic mass is 10.1. The summed E-state index contributed by atoms with van der Waals surface area (Å²) in [7, 11) is 0. The molecule has 1 aromatic heterocycles. The molecule has 18 heavy (non-hydrogen) atoms. The van der Waals surface area contributed by atoms with Crippen LogP contribution >= 0.6 is 0 Å². The van der Waals surface area contributed by atoms with Crippen molar-refractivity contribution in [3.8, 4) is 17.1 Å². The average Bonchev–Trinajstić information content (AvgIpc) is 2.38. The molecule has 0 amide bonds. The first-order valence-corrected chi connectivity index (χ1v) is 5.66. The number of carbonyl (C=O) groups is 1. The molecule has 1 heterocycles. The summed E-state index contributed by atoms with van der Waals surface area (Å²) in [6.45, 7) is 3.55. The molecule has 0 aliphatic heterocycles. The summed E-state index contributed by atoms with van der Waals surface area (Å²) < 4.78 is 5.20. The van der Waals surface area contributed by atoms with E-state index >= 15 is 0 Å². The van der Waals surface area contributed by atoms with Gasteiger partial charge in [-0.05, 0) is 13.8 Å². The first-order valence-electron chi connectivity index (χ1n) is 5.66. The van der Waals surface area contributed by atoms with Gasteiger partial charge in [-0.15, -0.1) is 0 Å². The second-order valence-corrected chi connectivity index (χ2v) is 4.10. The number of aryl methyl sites for hydroxylation is 1. The summed E-state index contributed by atoms with van der Waals surface area (Å²) in [5, 5.41) is 0. The lowest BCUT2D eigenvalue weighted by molar-refractivity contribution is -0.118. The Morgan fingerprint density at radius 3 is 2.33 bits per heavy atom. The van der Waals surface area contributed by atoms with Gasteiger partial charge in [0.1, 0.15) is 6.61 Å². The van der Waals surface area contributed by atoms with Crippen LogP contribution in [0.3, 0.4) is 0 Å². The fraction of sp³-hybridized carbons (Fsp3) is 0.214. The van der Waals surface area contributed by atoms with Crippen molar-refractivity contribution in [2.45, 2.75) is 13.8 Å². The van der Waals surface area contributed by atoms with Crippen LogP contribution in [0, 0.1) is 6.92 Å². The van der Waals surface area contributed by atoms with Crippen molar-refractivity contribution in [3.05, 3.63) is 42.2 Å². The molecule has 0 aliphatic carbocycles. The number of aromatic nitrogens is 2. The summed E-state index contributed by atoms with van der Waals surface area (Å²) in [4.78, 5) is 19.2. The maximum atomic E-state index is 10.8. The predicted molar refractivity (Wildman–Crippen MR) is 68.4 cm³/mol. The van der Waals surface area contributed by atoms with Crippen LogP contribution in [0.15, 0.2) is 36.7 Å². The van der Waals surface area contributed by atoms with Gasteiger partial charge in [-0.3, -0.25) is 4.79 Å². The van der Waals surface area contributed by atoms with Crippen LogP contribution in [0.4, 0.5) is 0 Å². The lowest BCUT2D eigenvalue weighted by Gasteiger charge is -2.04. The number of hydrogen-bond acceptors (Lipinski definition) is 4. The number of benzene rings is 1. The molecule has 0 unspecified atom stereocenters. The van der Waals surface area contributed by atoms with Gasteiger partial charge < -0.3 is 4.74 Å². The third-order valence-corrected chi connectivity index (χ3v) is 2.38. The number of hydrogen-bond donors (Lipinski definition) is 0. The molecule has 2 rings (SSSR count). The quantitative estimate of drug-likeness (QED) is 0.826. The van der Waals surface area contributed by atoms with Gasteiger partial charge in [0.15, 0.2) is 17.4 Å². The largest absolute Gasteiger partial charge is 0.483 e. The fourth-order valence-corrected chi connectivity index (χ4v) is 1.43. The second kappa shape index (κ2) is 5.40. The van der Waals surface area contributed by atoms with Crippen LogP contribution < -0.4 is 4.74 Å². The molecule has 2 aromatic rings. The minimum atomic E-state index is -0.0300. The van der Waals surface area contributed by atoms with Gasteiger partial charge in [0.05, 0.1) is 12.4 Å². The predicted octanol–water partition coefficient (Wildman–Crippen LogP) is 2.42. The normalized spacial score (nSPS) is 10.1. The van der Waals surface area contributed by atoms with E-state index in [1.807, 2.05) is 31.2 Å². The molecular weight excluding hydrogens is 228 g/mol. The Hall–Kier alpha value is -2.23. The standard InChI is InChI=1S/C14H14N2O2/c1-10-3-5-12(6-4-10)14-15-7-13(8-16-14)18-9-11(2)17/h3-8H,9H2,1-2H3. The van der Waals surface area contributed by atoms with E-state index in [-0.39, 0.29) is 12.4 Å². The Labute approximate surface area is 106 Å². The summed E-state index contributed by atoms with van der Waals surface area (Å²) in [6, 6.07) is 7.97. The zero-order chi connectivity index (χ0) is 13.0. The number of Topliss-reactive ketones (excluding diaryl/α,β-unsaturated/α-hetero) is 1. The highest BCUT2D eigenvalue weighted by Gasteiger charge is 2.02. The molecule has 0 bridgehead atoms. The highest BCUT2D eigenvalue weighted by atomic mass is 16.5. The molecule has 1 aromatic carbocycles. The average molecular weight is 242 g/mol. The van der Waals surface area contributed by atoms with Crippen molar-refractivity contribution in [2.75, 3.05) is 6.61 Å². The van der Waals surface area contributed by atoms with Crippen molar-refractivity contribution in [2.24, 2.45) is 0 Å². The molecule has 0 N–H and O–H groups in total. The first kappa shape index (κ1) is 12.2. The highest BCUT2D eigenvalue weighted by Crippen LogP contribution is 2.16. The van der Waals surface area contributed by atoms with Crippen LogP contribution in [0.25, 0.3) is 11.4 Å². The van der Waals surface area contributed by atoms with Gasteiger partial charge >= 0.3 is 0 Å². The van der Waals surface area contributed by atoms with Gasteiger partial charge in [0.25, 0.3) is 0 Å². The van der Waals surface area contributed by atoms with E-state index in [0.717, 1.165) is 5.56 Å². The van der Waals surface area contributed by atoms with E-state index in [4.69, 9.17) is 4.74 Å². The van der Waals surface area contributed by atoms with Crippen molar-refractivity contribution >= 4 is 5.78 Å².